The molecular formula is C14H15NO3. The molecule has 0 spiro atoms. The Labute approximate surface area is 107 Å². The third kappa shape index (κ3) is 3.71. The molecule has 1 atom stereocenters. The number of aromatic hydroxyl groups is 1. The van der Waals surface area contributed by atoms with Gasteiger partial charge in [-0.3, -0.25) is 0 Å². The smallest absolute Gasteiger partial charge is 0.162 e. The monoisotopic (exact) mass is 245 g/mol. The predicted molar refractivity (Wildman–Crippen MR) is 69.0 cm³/mol. The van der Waals surface area contributed by atoms with Crippen LogP contribution in [0.15, 0.2) is 18.2 Å². The summed E-state index contributed by atoms with van der Waals surface area (Å²) in [6, 6.07) is 4.84. The quantitative estimate of drug-likeness (QED) is 0.735. The van der Waals surface area contributed by atoms with Crippen LogP contribution in [0, 0.1) is 24.7 Å². The standard InChI is InChI=1S/C14H15NO3/c1-3-7-17-13-9-11(5-6-12(13)16)14(10-15)18-8-4-2/h1-2,5-6,9,14,16H,7-8,10,15H2. The first kappa shape index (κ1) is 13.9. The maximum atomic E-state index is 9.59. The van der Waals surface area contributed by atoms with Gasteiger partial charge >= 0.3 is 0 Å². The number of nitrogens with two attached hydrogens (primary N) is 1. The van der Waals surface area contributed by atoms with Crippen LogP contribution in [0.2, 0.25) is 0 Å². The highest BCUT2D eigenvalue weighted by molar-refractivity contribution is 5.42. The summed E-state index contributed by atoms with van der Waals surface area (Å²) in [4.78, 5) is 0. The van der Waals surface area contributed by atoms with Crippen LogP contribution in [-0.4, -0.2) is 24.9 Å². The summed E-state index contributed by atoms with van der Waals surface area (Å²) in [6.07, 6.45) is 9.88. The lowest BCUT2D eigenvalue weighted by molar-refractivity contribution is 0.0843. The molecule has 0 aliphatic heterocycles. The number of ether oxygens (including phenoxy) is 2. The molecule has 1 aromatic carbocycles. The summed E-state index contributed by atoms with van der Waals surface area (Å²) >= 11 is 0. The fraction of sp³-hybridized carbons (Fsp3) is 0.286. The van der Waals surface area contributed by atoms with Crippen LogP contribution in [0.4, 0.5) is 0 Å². The highest BCUT2D eigenvalue weighted by atomic mass is 16.5. The van der Waals surface area contributed by atoms with Gasteiger partial charge in [-0.15, -0.1) is 12.8 Å². The fourth-order valence-electron chi connectivity index (χ4n) is 1.42. The van der Waals surface area contributed by atoms with E-state index in [1.807, 2.05) is 0 Å². The summed E-state index contributed by atoms with van der Waals surface area (Å²) in [5.74, 6) is 5.02. The normalized spacial score (nSPS) is 11.3. The van der Waals surface area contributed by atoms with E-state index in [1.54, 1.807) is 12.1 Å². The van der Waals surface area contributed by atoms with Gasteiger partial charge in [-0.2, -0.15) is 0 Å². The molecule has 1 rings (SSSR count). The number of hydrogen-bond acceptors (Lipinski definition) is 4. The molecule has 0 aliphatic carbocycles. The molecular weight excluding hydrogens is 230 g/mol. The van der Waals surface area contributed by atoms with Crippen LogP contribution in [0.5, 0.6) is 11.5 Å². The van der Waals surface area contributed by atoms with E-state index in [4.69, 9.17) is 28.1 Å². The maximum absolute atomic E-state index is 9.59. The predicted octanol–water partition coefficient (Wildman–Crippen LogP) is 1.05. The molecule has 0 radical (unpaired) electrons. The van der Waals surface area contributed by atoms with Gasteiger partial charge in [-0.1, -0.05) is 17.9 Å². The third-order valence-corrected chi connectivity index (χ3v) is 2.25. The van der Waals surface area contributed by atoms with Crippen LogP contribution in [-0.2, 0) is 4.74 Å². The minimum atomic E-state index is -0.338. The Kier molecular flexibility index (Phi) is 5.60. The zero-order valence-electron chi connectivity index (χ0n) is 9.93. The van der Waals surface area contributed by atoms with E-state index in [2.05, 4.69) is 11.8 Å². The van der Waals surface area contributed by atoms with Crippen LogP contribution >= 0.6 is 0 Å². The molecule has 1 unspecified atom stereocenters. The first-order chi connectivity index (χ1) is 8.72. The van der Waals surface area contributed by atoms with Crippen molar-refractivity contribution >= 4 is 0 Å². The molecule has 0 fully saturated rings. The summed E-state index contributed by atoms with van der Waals surface area (Å²) < 4.78 is 10.6. The van der Waals surface area contributed by atoms with Crippen molar-refractivity contribution in [1.82, 2.24) is 0 Å². The molecule has 4 nitrogen and oxygen atoms in total. The van der Waals surface area contributed by atoms with Crippen molar-refractivity contribution in [2.75, 3.05) is 19.8 Å². The molecule has 0 bridgehead atoms. The lowest BCUT2D eigenvalue weighted by Crippen LogP contribution is -2.16. The number of terminal acetylenes is 2. The number of phenols is 1. The summed E-state index contributed by atoms with van der Waals surface area (Å²) in [7, 11) is 0. The SMILES string of the molecule is C#CCOc1cc(C(CN)OCC#C)ccc1O. The van der Waals surface area contributed by atoms with Gasteiger partial charge in [0.15, 0.2) is 11.5 Å². The topological polar surface area (TPSA) is 64.7 Å². The molecule has 0 saturated carbocycles. The van der Waals surface area contributed by atoms with Crippen molar-refractivity contribution in [1.29, 1.82) is 0 Å². The number of rotatable bonds is 6. The summed E-state index contributed by atoms with van der Waals surface area (Å²) in [5.41, 5.74) is 6.38. The summed E-state index contributed by atoms with van der Waals surface area (Å²) in [5, 5.41) is 9.59. The Balaban J connectivity index is 2.88. The molecule has 0 aromatic heterocycles. The number of hydrogen-bond donors (Lipinski definition) is 2. The summed E-state index contributed by atoms with van der Waals surface area (Å²) in [6.45, 7) is 0.528. The van der Waals surface area contributed by atoms with Crippen molar-refractivity contribution < 1.29 is 14.6 Å². The highest BCUT2D eigenvalue weighted by Crippen LogP contribution is 2.30. The van der Waals surface area contributed by atoms with Gasteiger partial charge in [-0.05, 0) is 17.7 Å². The van der Waals surface area contributed by atoms with Gasteiger partial charge < -0.3 is 20.3 Å². The van der Waals surface area contributed by atoms with E-state index in [-0.39, 0.29) is 31.6 Å². The van der Waals surface area contributed by atoms with Crippen LogP contribution in [0.3, 0.4) is 0 Å². The van der Waals surface area contributed by atoms with Gasteiger partial charge in [0.25, 0.3) is 0 Å². The van der Waals surface area contributed by atoms with E-state index in [1.165, 1.54) is 6.07 Å². The lowest BCUT2D eigenvalue weighted by atomic mass is 10.1. The minimum Gasteiger partial charge on any atom is -0.504 e. The van der Waals surface area contributed by atoms with Crippen LogP contribution in [0.25, 0.3) is 0 Å². The first-order valence-electron chi connectivity index (χ1n) is 5.37. The Morgan fingerprint density at radius 1 is 1.28 bits per heavy atom. The maximum Gasteiger partial charge on any atom is 0.162 e. The van der Waals surface area contributed by atoms with Crippen molar-refractivity contribution in [2.45, 2.75) is 6.10 Å². The van der Waals surface area contributed by atoms with E-state index >= 15 is 0 Å². The van der Waals surface area contributed by atoms with E-state index in [0.29, 0.717) is 5.75 Å². The lowest BCUT2D eigenvalue weighted by Gasteiger charge is -2.16. The second-order valence-corrected chi connectivity index (χ2v) is 3.46. The van der Waals surface area contributed by atoms with Gasteiger partial charge in [0.1, 0.15) is 13.2 Å². The van der Waals surface area contributed by atoms with E-state index in [9.17, 15) is 5.11 Å². The van der Waals surface area contributed by atoms with Crippen molar-refractivity contribution in [2.24, 2.45) is 5.73 Å². The zero-order chi connectivity index (χ0) is 13.4. The minimum absolute atomic E-state index is 0.0155. The van der Waals surface area contributed by atoms with Crippen molar-refractivity contribution in [3.05, 3.63) is 23.8 Å². The Morgan fingerprint density at radius 2 is 2.00 bits per heavy atom. The fourth-order valence-corrected chi connectivity index (χ4v) is 1.42. The Hall–Kier alpha value is -2.14. The Morgan fingerprint density at radius 3 is 2.61 bits per heavy atom. The first-order valence-corrected chi connectivity index (χ1v) is 5.37. The van der Waals surface area contributed by atoms with Crippen molar-refractivity contribution in [3.8, 4) is 36.2 Å². The molecule has 94 valence electrons. The second kappa shape index (κ2) is 7.24. The molecule has 0 saturated heterocycles. The van der Waals surface area contributed by atoms with E-state index < -0.39 is 0 Å². The number of benzene rings is 1. The highest BCUT2D eigenvalue weighted by Gasteiger charge is 2.12. The molecule has 1 aromatic rings. The molecule has 4 heteroatoms. The van der Waals surface area contributed by atoms with Gasteiger partial charge in [0.2, 0.25) is 0 Å². The van der Waals surface area contributed by atoms with Crippen LogP contribution in [0.1, 0.15) is 11.7 Å². The second-order valence-electron chi connectivity index (χ2n) is 3.46. The number of phenolic OH excluding ortho intramolecular Hbond substituents is 1. The molecule has 0 amide bonds. The third-order valence-electron chi connectivity index (χ3n) is 2.25. The average Bonchev–Trinajstić information content (AvgIpc) is 2.39. The molecule has 0 heterocycles. The molecule has 18 heavy (non-hydrogen) atoms. The Bertz CT molecular complexity index is 471. The van der Waals surface area contributed by atoms with E-state index in [0.717, 1.165) is 5.56 Å². The van der Waals surface area contributed by atoms with Gasteiger partial charge in [0, 0.05) is 6.54 Å². The largest absolute Gasteiger partial charge is 0.504 e. The molecule has 0 aliphatic rings. The average molecular weight is 245 g/mol. The van der Waals surface area contributed by atoms with Crippen molar-refractivity contribution in [3.63, 3.8) is 0 Å². The van der Waals surface area contributed by atoms with Gasteiger partial charge in [0.05, 0.1) is 6.10 Å². The van der Waals surface area contributed by atoms with Gasteiger partial charge in [-0.25, -0.2) is 0 Å². The van der Waals surface area contributed by atoms with Crippen LogP contribution < -0.4 is 10.5 Å². The molecule has 3 N–H and O–H groups in total. The zero-order valence-corrected chi connectivity index (χ0v) is 9.93.